The van der Waals surface area contributed by atoms with Crippen LogP contribution in [-0.4, -0.2) is 62.1 Å². The number of hydrogen-bond acceptors (Lipinski definition) is 4. The second-order valence-electron chi connectivity index (χ2n) is 5.39. The van der Waals surface area contributed by atoms with Crippen molar-refractivity contribution in [3.05, 3.63) is 29.8 Å². The Morgan fingerprint density at radius 1 is 1.19 bits per heavy atom. The number of carbonyl (C=O) groups excluding carboxylic acids is 1. The molecule has 0 unspecified atom stereocenters. The van der Waals surface area contributed by atoms with Gasteiger partial charge in [-0.3, -0.25) is 9.69 Å². The Balaban J connectivity index is 1.78. The second kappa shape index (κ2) is 8.00. The molecule has 1 amide bonds. The molecule has 0 bridgehead atoms. The Hall–Kier alpha value is -1.59. The minimum Gasteiger partial charge on any atom is -0.497 e. The fourth-order valence-electron chi connectivity index (χ4n) is 2.57. The van der Waals surface area contributed by atoms with E-state index in [9.17, 15) is 4.79 Å². The van der Waals surface area contributed by atoms with Crippen LogP contribution in [0.2, 0.25) is 0 Å². The predicted octanol–water partition coefficient (Wildman–Crippen LogP) is 0.731. The van der Waals surface area contributed by atoms with Gasteiger partial charge in [0.2, 0.25) is 5.91 Å². The average Bonchev–Trinajstić information content (AvgIpc) is 2.54. The van der Waals surface area contributed by atoms with Crippen molar-refractivity contribution in [3.8, 4) is 5.75 Å². The van der Waals surface area contributed by atoms with Crippen molar-refractivity contribution in [3.63, 3.8) is 0 Å². The Morgan fingerprint density at radius 2 is 1.86 bits per heavy atom. The van der Waals surface area contributed by atoms with Crippen LogP contribution in [0.15, 0.2) is 24.3 Å². The molecule has 0 aromatic heterocycles. The predicted molar refractivity (Wildman–Crippen MR) is 83.4 cm³/mol. The van der Waals surface area contributed by atoms with E-state index in [0.717, 1.165) is 57.0 Å². The van der Waals surface area contributed by atoms with Gasteiger partial charge in [-0.1, -0.05) is 12.1 Å². The van der Waals surface area contributed by atoms with Gasteiger partial charge in [0, 0.05) is 26.2 Å². The molecule has 1 saturated heterocycles. The van der Waals surface area contributed by atoms with E-state index in [1.54, 1.807) is 7.11 Å². The van der Waals surface area contributed by atoms with E-state index in [1.165, 1.54) is 0 Å². The first-order valence-electron chi connectivity index (χ1n) is 7.56. The van der Waals surface area contributed by atoms with Gasteiger partial charge in [-0.05, 0) is 37.2 Å². The summed E-state index contributed by atoms with van der Waals surface area (Å²) in [6.07, 6.45) is 1.49. The zero-order valence-electron chi connectivity index (χ0n) is 12.8. The maximum atomic E-state index is 12.3. The van der Waals surface area contributed by atoms with Gasteiger partial charge < -0.3 is 15.4 Å². The summed E-state index contributed by atoms with van der Waals surface area (Å²) >= 11 is 0. The number of methoxy groups -OCH3 is 1. The first-order chi connectivity index (χ1) is 10.2. The molecule has 1 heterocycles. The summed E-state index contributed by atoms with van der Waals surface area (Å²) < 4.78 is 5.12. The van der Waals surface area contributed by atoms with Gasteiger partial charge in [-0.15, -0.1) is 0 Å². The molecule has 1 fully saturated rings. The van der Waals surface area contributed by atoms with E-state index in [0.29, 0.717) is 6.42 Å². The van der Waals surface area contributed by atoms with Crippen LogP contribution >= 0.6 is 0 Å². The molecule has 0 spiro atoms. The Morgan fingerprint density at radius 3 is 2.43 bits per heavy atom. The van der Waals surface area contributed by atoms with Crippen molar-refractivity contribution in [1.82, 2.24) is 9.80 Å². The summed E-state index contributed by atoms with van der Waals surface area (Å²) in [5.41, 5.74) is 6.56. The van der Waals surface area contributed by atoms with Crippen LogP contribution in [0.1, 0.15) is 12.0 Å². The monoisotopic (exact) mass is 291 g/mol. The van der Waals surface area contributed by atoms with E-state index < -0.39 is 0 Å². The maximum absolute atomic E-state index is 12.3. The minimum absolute atomic E-state index is 0.207. The summed E-state index contributed by atoms with van der Waals surface area (Å²) in [7, 11) is 1.64. The van der Waals surface area contributed by atoms with Crippen molar-refractivity contribution in [2.24, 2.45) is 5.73 Å². The number of piperazine rings is 1. The highest BCUT2D eigenvalue weighted by atomic mass is 16.5. The van der Waals surface area contributed by atoms with Gasteiger partial charge in [-0.25, -0.2) is 0 Å². The largest absolute Gasteiger partial charge is 0.497 e. The highest BCUT2D eigenvalue weighted by Crippen LogP contribution is 2.13. The van der Waals surface area contributed by atoms with E-state index in [-0.39, 0.29) is 5.91 Å². The molecule has 5 nitrogen and oxygen atoms in total. The zero-order chi connectivity index (χ0) is 15.1. The summed E-state index contributed by atoms with van der Waals surface area (Å²) in [6, 6.07) is 7.70. The maximum Gasteiger partial charge on any atom is 0.227 e. The van der Waals surface area contributed by atoms with Crippen molar-refractivity contribution in [1.29, 1.82) is 0 Å². The molecule has 1 aliphatic rings. The topological polar surface area (TPSA) is 58.8 Å². The molecule has 21 heavy (non-hydrogen) atoms. The van der Waals surface area contributed by atoms with Crippen LogP contribution < -0.4 is 10.5 Å². The summed E-state index contributed by atoms with van der Waals surface area (Å²) in [5.74, 6) is 1.03. The number of ether oxygens (including phenoxy) is 1. The number of nitrogens with zero attached hydrogens (tertiary/aromatic N) is 2. The highest BCUT2D eigenvalue weighted by molar-refractivity contribution is 5.78. The molecule has 5 heteroatoms. The van der Waals surface area contributed by atoms with E-state index in [4.69, 9.17) is 10.5 Å². The Kier molecular flexibility index (Phi) is 6.02. The van der Waals surface area contributed by atoms with Crippen LogP contribution in [0.25, 0.3) is 0 Å². The molecule has 116 valence electrons. The second-order valence-corrected chi connectivity index (χ2v) is 5.39. The van der Waals surface area contributed by atoms with Crippen molar-refractivity contribution < 1.29 is 9.53 Å². The first kappa shape index (κ1) is 15.8. The number of nitrogens with two attached hydrogens (primary N) is 1. The fraction of sp³-hybridized carbons (Fsp3) is 0.562. The van der Waals surface area contributed by atoms with Gasteiger partial charge in [-0.2, -0.15) is 0 Å². The summed E-state index contributed by atoms with van der Waals surface area (Å²) in [5, 5.41) is 0. The smallest absolute Gasteiger partial charge is 0.227 e. The third-order valence-electron chi connectivity index (χ3n) is 3.92. The van der Waals surface area contributed by atoms with Crippen molar-refractivity contribution in [2.75, 3.05) is 46.4 Å². The van der Waals surface area contributed by atoms with Gasteiger partial charge >= 0.3 is 0 Å². The number of amides is 1. The molecule has 1 aromatic rings. The third kappa shape index (κ3) is 4.72. The Labute approximate surface area is 126 Å². The van der Waals surface area contributed by atoms with Crippen LogP contribution in [0.3, 0.4) is 0 Å². The summed E-state index contributed by atoms with van der Waals surface area (Å²) in [4.78, 5) is 16.6. The summed E-state index contributed by atoms with van der Waals surface area (Å²) in [6.45, 7) is 5.31. The standard InChI is InChI=1S/C16H25N3O2/c1-21-15-5-3-14(4-6-15)13-16(20)19-11-9-18(10-12-19)8-2-7-17/h3-6H,2,7-13,17H2,1H3. The molecule has 1 aromatic carbocycles. The van der Waals surface area contributed by atoms with Crippen LogP contribution in [0.5, 0.6) is 5.75 Å². The quantitative estimate of drug-likeness (QED) is 0.839. The minimum atomic E-state index is 0.207. The molecular weight excluding hydrogens is 266 g/mol. The van der Waals surface area contributed by atoms with E-state index in [1.807, 2.05) is 29.2 Å². The van der Waals surface area contributed by atoms with Crippen LogP contribution in [-0.2, 0) is 11.2 Å². The first-order valence-corrected chi connectivity index (χ1v) is 7.56. The lowest BCUT2D eigenvalue weighted by Crippen LogP contribution is -2.49. The molecule has 2 rings (SSSR count). The average molecular weight is 291 g/mol. The molecule has 1 aliphatic heterocycles. The molecule has 0 saturated carbocycles. The van der Waals surface area contributed by atoms with Crippen molar-refractivity contribution in [2.45, 2.75) is 12.8 Å². The molecule has 2 N–H and O–H groups in total. The molecule has 0 aliphatic carbocycles. The van der Waals surface area contributed by atoms with Crippen LogP contribution in [0, 0.1) is 0 Å². The SMILES string of the molecule is COc1ccc(CC(=O)N2CCN(CCCN)CC2)cc1. The number of carbonyl (C=O) groups is 1. The van der Waals surface area contributed by atoms with E-state index in [2.05, 4.69) is 4.90 Å². The fourth-order valence-corrected chi connectivity index (χ4v) is 2.57. The number of hydrogen-bond donors (Lipinski definition) is 1. The Bertz CT molecular complexity index is 439. The normalized spacial score (nSPS) is 16.0. The highest BCUT2D eigenvalue weighted by Gasteiger charge is 2.20. The zero-order valence-corrected chi connectivity index (χ0v) is 12.8. The molecule has 0 radical (unpaired) electrons. The lowest BCUT2D eigenvalue weighted by atomic mass is 10.1. The molecule has 0 atom stereocenters. The lowest BCUT2D eigenvalue weighted by Gasteiger charge is -2.34. The van der Waals surface area contributed by atoms with Crippen LogP contribution in [0.4, 0.5) is 0 Å². The van der Waals surface area contributed by atoms with Gasteiger partial charge in [0.1, 0.15) is 5.75 Å². The van der Waals surface area contributed by atoms with Gasteiger partial charge in [0.05, 0.1) is 13.5 Å². The molecular formula is C16H25N3O2. The lowest BCUT2D eigenvalue weighted by molar-refractivity contribution is -0.132. The van der Waals surface area contributed by atoms with Gasteiger partial charge in [0.15, 0.2) is 0 Å². The number of benzene rings is 1. The third-order valence-corrected chi connectivity index (χ3v) is 3.92. The van der Waals surface area contributed by atoms with Gasteiger partial charge in [0.25, 0.3) is 0 Å². The number of rotatable bonds is 6. The van der Waals surface area contributed by atoms with E-state index >= 15 is 0 Å². The van der Waals surface area contributed by atoms with Crippen molar-refractivity contribution >= 4 is 5.91 Å².